The molecule has 0 fully saturated rings. The van der Waals surface area contributed by atoms with E-state index in [1.807, 2.05) is 6.92 Å². The number of aryl methyl sites for hydroxylation is 1. The van der Waals surface area contributed by atoms with Crippen LogP contribution in [0.1, 0.15) is 6.92 Å². The molecule has 0 radical (unpaired) electrons. The number of nitrogen functional groups attached to an aromatic ring is 1. The summed E-state index contributed by atoms with van der Waals surface area (Å²) in [7, 11) is -3.96. The molecule has 108 valence electrons. The van der Waals surface area contributed by atoms with Gasteiger partial charge in [0.2, 0.25) is 0 Å². The second-order valence-corrected chi connectivity index (χ2v) is 6.05. The van der Waals surface area contributed by atoms with Crippen molar-refractivity contribution in [1.29, 1.82) is 0 Å². The van der Waals surface area contributed by atoms with Crippen molar-refractivity contribution in [3.05, 3.63) is 35.4 Å². The van der Waals surface area contributed by atoms with Crippen molar-refractivity contribution in [3.63, 3.8) is 0 Å². The average molecular weight is 319 g/mol. The minimum atomic E-state index is -3.96. The van der Waals surface area contributed by atoms with Crippen LogP contribution in [0.3, 0.4) is 0 Å². The van der Waals surface area contributed by atoms with E-state index in [4.69, 9.17) is 17.3 Å². The normalized spacial score (nSPS) is 11.6. The number of nitrogens with one attached hydrogen (secondary N) is 1. The zero-order chi connectivity index (χ0) is 14.9. The first-order valence-corrected chi connectivity index (χ1v) is 7.49. The van der Waals surface area contributed by atoms with Gasteiger partial charge in [-0.3, -0.25) is 9.40 Å². The highest BCUT2D eigenvalue weighted by Crippen LogP contribution is 2.27. The van der Waals surface area contributed by atoms with Crippen LogP contribution in [-0.4, -0.2) is 18.2 Å². The Hall–Kier alpha value is -1.80. The Balaban J connectivity index is 2.37. The number of aromatic nitrogens is 2. The maximum atomic E-state index is 13.2. The molecule has 1 aromatic heterocycles. The van der Waals surface area contributed by atoms with Crippen molar-refractivity contribution in [3.8, 4) is 0 Å². The van der Waals surface area contributed by atoms with E-state index in [-0.39, 0.29) is 21.3 Å². The monoisotopic (exact) mass is 318 g/mol. The molecule has 6 nitrogen and oxygen atoms in total. The molecule has 0 saturated heterocycles. The molecule has 1 aromatic carbocycles. The van der Waals surface area contributed by atoms with Crippen LogP contribution in [0.15, 0.2) is 29.4 Å². The van der Waals surface area contributed by atoms with E-state index in [0.717, 1.165) is 12.1 Å². The van der Waals surface area contributed by atoms with E-state index in [1.165, 1.54) is 12.4 Å². The summed E-state index contributed by atoms with van der Waals surface area (Å²) >= 11 is 5.75. The second kappa shape index (κ2) is 5.29. The SMILES string of the molecule is CCn1cc(NS(=O)(=O)c2cc(N)c(F)cc2Cl)cn1. The molecule has 0 aliphatic heterocycles. The zero-order valence-corrected chi connectivity index (χ0v) is 12.0. The molecule has 0 saturated carbocycles. The summed E-state index contributed by atoms with van der Waals surface area (Å²) < 4.78 is 41.4. The summed E-state index contributed by atoms with van der Waals surface area (Å²) in [6.07, 6.45) is 2.89. The molecule has 20 heavy (non-hydrogen) atoms. The van der Waals surface area contributed by atoms with Gasteiger partial charge in [0.05, 0.1) is 22.6 Å². The predicted octanol–water partition coefficient (Wildman–Crippen LogP) is 2.08. The molecule has 1 heterocycles. The van der Waals surface area contributed by atoms with Crippen LogP contribution in [0, 0.1) is 5.82 Å². The van der Waals surface area contributed by atoms with Gasteiger partial charge in [0, 0.05) is 12.7 Å². The smallest absolute Gasteiger partial charge is 0.263 e. The minimum Gasteiger partial charge on any atom is -0.396 e. The first kappa shape index (κ1) is 14.6. The fourth-order valence-corrected chi connectivity index (χ4v) is 3.13. The molecule has 0 aliphatic carbocycles. The summed E-state index contributed by atoms with van der Waals surface area (Å²) in [5.41, 5.74) is 5.35. The number of hydrogen-bond donors (Lipinski definition) is 2. The highest BCUT2D eigenvalue weighted by atomic mass is 35.5. The Kier molecular flexibility index (Phi) is 3.87. The standard InChI is InChI=1S/C11H12ClFN4O2S/c1-2-17-6-7(5-15-17)16-20(18,19)11-4-10(14)9(13)3-8(11)12/h3-6,16H,2,14H2,1H3. The molecule has 3 N–H and O–H groups in total. The van der Waals surface area contributed by atoms with Gasteiger partial charge in [-0.05, 0) is 19.1 Å². The average Bonchev–Trinajstić information content (AvgIpc) is 2.80. The summed E-state index contributed by atoms with van der Waals surface area (Å²) in [6, 6.07) is 1.84. The molecule has 0 amide bonds. The van der Waals surface area contributed by atoms with Gasteiger partial charge in [-0.1, -0.05) is 11.6 Å². The lowest BCUT2D eigenvalue weighted by atomic mass is 10.3. The van der Waals surface area contributed by atoms with Crippen molar-refractivity contribution in [1.82, 2.24) is 9.78 Å². The van der Waals surface area contributed by atoms with Gasteiger partial charge < -0.3 is 5.73 Å². The Morgan fingerprint density at radius 2 is 2.20 bits per heavy atom. The van der Waals surface area contributed by atoms with Crippen LogP contribution in [0.25, 0.3) is 0 Å². The Morgan fingerprint density at radius 1 is 1.50 bits per heavy atom. The lowest BCUT2D eigenvalue weighted by molar-refractivity contribution is 0.600. The van der Waals surface area contributed by atoms with Gasteiger partial charge in [0.15, 0.2) is 0 Å². The van der Waals surface area contributed by atoms with E-state index in [1.54, 1.807) is 4.68 Å². The molecule has 0 spiro atoms. The second-order valence-electron chi connectivity index (χ2n) is 3.99. The summed E-state index contributed by atoms with van der Waals surface area (Å²) in [5, 5.41) is 3.70. The molecule has 2 aromatic rings. The van der Waals surface area contributed by atoms with Crippen molar-refractivity contribution < 1.29 is 12.8 Å². The van der Waals surface area contributed by atoms with Gasteiger partial charge in [0.1, 0.15) is 10.7 Å². The van der Waals surface area contributed by atoms with E-state index < -0.39 is 15.8 Å². The number of nitrogens with zero attached hydrogens (tertiary/aromatic N) is 2. The van der Waals surface area contributed by atoms with Crippen molar-refractivity contribution >= 4 is 33.0 Å². The Bertz CT molecular complexity index is 745. The van der Waals surface area contributed by atoms with Gasteiger partial charge in [0.25, 0.3) is 10.0 Å². The minimum absolute atomic E-state index is 0.243. The fraction of sp³-hybridized carbons (Fsp3) is 0.182. The summed E-state index contributed by atoms with van der Waals surface area (Å²) in [6.45, 7) is 2.47. The molecule has 0 aliphatic rings. The maximum Gasteiger partial charge on any atom is 0.263 e. The van der Waals surface area contributed by atoms with Gasteiger partial charge in [-0.2, -0.15) is 5.10 Å². The number of halogens is 2. The first-order chi connectivity index (χ1) is 9.33. The van der Waals surface area contributed by atoms with Crippen LogP contribution < -0.4 is 10.5 Å². The molecule has 9 heteroatoms. The zero-order valence-electron chi connectivity index (χ0n) is 10.5. The van der Waals surface area contributed by atoms with Crippen LogP contribution in [0.2, 0.25) is 5.02 Å². The molecular weight excluding hydrogens is 307 g/mol. The van der Waals surface area contributed by atoms with E-state index in [2.05, 4.69) is 9.82 Å². The third-order valence-electron chi connectivity index (χ3n) is 2.55. The molecule has 0 unspecified atom stereocenters. The number of benzene rings is 1. The van der Waals surface area contributed by atoms with E-state index >= 15 is 0 Å². The summed E-state index contributed by atoms with van der Waals surface area (Å²) in [4.78, 5) is -0.290. The van der Waals surface area contributed by atoms with E-state index in [9.17, 15) is 12.8 Å². The van der Waals surface area contributed by atoms with Gasteiger partial charge in [-0.25, -0.2) is 12.8 Å². The molecular formula is C11H12ClFN4O2S. The number of anilines is 2. The van der Waals surface area contributed by atoms with Crippen molar-refractivity contribution in [2.45, 2.75) is 18.4 Å². The Labute approximate surface area is 120 Å². The number of rotatable bonds is 4. The topological polar surface area (TPSA) is 90.0 Å². The maximum absolute atomic E-state index is 13.2. The number of sulfonamides is 1. The third-order valence-corrected chi connectivity index (χ3v) is 4.40. The Morgan fingerprint density at radius 3 is 2.80 bits per heavy atom. The van der Waals surface area contributed by atoms with Crippen LogP contribution in [0.5, 0.6) is 0 Å². The van der Waals surface area contributed by atoms with Crippen LogP contribution in [-0.2, 0) is 16.6 Å². The molecule has 0 atom stereocenters. The quantitative estimate of drug-likeness (QED) is 0.844. The van der Waals surface area contributed by atoms with Crippen molar-refractivity contribution in [2.24, 2.45) is 0 Å². The largest absolute Gasteiger partial charge is 0.396 e. The molecule has 0 bridgehead atoms. The lowest BCUT2D eigenvalue weighted by Crippen LogP contribution is -2.14. The fourth-order valence-electron chi connectivity index (χ4n) is 1.55. The first-order valence-electron chi connectivity index (χ1n) is 5.63. The van der Waals surface area contributed by atoms with Crippen LogP contribution >= 0.6 is 11.6 Å². The summed E-state index contributed by atoms with van der Waals surface area (Å²) in [5.74, 6) is -0.771. The highest BCUT2D eigenvalue weighted by molar-refractivity contribution is 7.92. The lowest BCUT2D eigenvalue weighted by Gasteiger charge is -2.09. The third kappa shape index (κ3) is 2.86. The number of nitrogens with two attached hydrogens (primary N) is 1. The highest BCUT2D eigenvalue weighted by Gasteiger charge is 2.20. The van der Waals surface area contributed by atoms with E-state index in [0.29, 0.717) is 6.54 Å². The number of hydrogen-bond acceptors (Lipinski definition) is 4. The van der Waals surface area contributed by atoms with Gasteiger partial charge >= 0.3 is 0 Å². The van der Waals surface area contributed by atoms with Crippen LogP contribution in [0.4, 0.5) is 15.8 Å². The predicted molar refractivity (Wildman–Crippen MR) is 74.5 cm³/mol. The van der Waals surface area contributed by atoms with Gasteiger partial charge in [-0.15, -0.1) is 0 Å². The van der Waals surface area contributed by atoms with Crippen molar-refractivity contribution in [2.75, 3.05) is 10.5 Å². The molecule has 2 rings (SSSR count).